The smallest absolute Gasteiger partial charge is 0.198 e. The molecule has 10 heteroatoms. The van der Waals surface area contributed by atoms with Gasteiger partial charge in [-0.15, -0.1) is 0 Å². The molecule has 0 atom stereocenters. The van der Waals surface area contributed by atoms with Gasteiger partial charge in [-0.1, -0.05) is 58.8 Å². The molecule has 0 amide bonds. The largest absolute Gasteiger partial charge is 0.427 e. The maximum Gasteiger partial charge on any atom is 0.427 e. The number of para-hydroxylation sites is 2. The molecule has 4 aromatic rings. The van der Waals surface area contributed by atoms with Gasteiger partial charge in [0.15, 0.2) is 0 Å². The van der Waals surface area contributed by atoms with Gasteiger partial charge in [0.05, 0.1) is 9.99 Å². The van der Waals surface area contributed by atoms with E-state index in [4.69, 9.17) is 0 Å². The predicted octanol–water partition coefficient (Wildman–Crippen LogP) is 3.02. The quantitative estimate of drug-likeness (QED) is 0.293. The van der Waals surface area contributed by atoms with E-state index in [9.17, 15) is 8.42 Å². The maximum absolute atomic E-state index is 12.4. The Bertz CT molecular complexity index is 1270. The lowest BCUT2D eigenvalue weighted by molar-refractivity contribution is -0.647. The summed E-state index contributed by atoms with van der Waals surface area (Å²) in [6.07, 6.45) is 0. The van der Waals surface area contributed by atoms with Gasteiger partial charge in [0.2, 0.25) is 0 Å². The summed E-state index contributed by atoms with van der Waals surface area (Å²) in [5.74, 6) is 0.202. The van der Waals surface area contributed by atoms with Crippen LogP contribution in [0.4, 0.5) is 5.95 Å². The summed E-state index contributed by atoms with van der Waals surface area (Å²) in [5.41, 5.74) is 4.99. The summed E-state index contributed by atoms with van der Waals surface area (Å²) in [5, 5.41) is 12.5. The molecule has 1 heterocycles. The van der Waals surface area contributed by atoms with Crippen molar-refractivity contribution in [1.29, 1.82) is 0 Å². The zero-order chi connectivity index (χ0) is 21.0. The molecule has 0 spiro atoms. The highest BCUT2D eigenvalue weighted by atomic mass is 32.2. The van der Waals surface area contributed by atoms with Crippen LogP contribution < -0.4 is 10.1 Å². The number of tetrazole rings is 1. The molecule has 0 aliphatic carbocycles. The van der Waals surface area contributed by atoms with Gasteiger partial charge < -0.3 is 0 Å². The van der Waals surface area contributed by atoms with Crippen molar-refractivity contribution in [1.82, 2.24) is 15.1 Å². The van der Waals surface area contributed by atoms with E-state index in [-0.39, 0.29) is 10.8 Å². The molecular formula is C20H18N7O2S+. The molecule has 0 saturated carbocycles. The SMILES string of the molecule is Cc1ccc(S(=O)(=O)N=NNc2nn(-c3ccccc3)n[n+]2-c2ccccc2)cc1. The van der Waals surface area contributed by atoms with Crippen LogP contribution >= 0.6 is 0 Å². The van der Waals surface area contributed by atoms with Crippen molar-refractivity contribution in [3.63, 3.8) is 0 Å². The first-order valence-corrected chi connectivity index (χ1v) is 10.5. The summed E-state index contributed by atoms with van der Waals surface area (Å²) in [6, 6.07) is 25.0. The molecule has 0 unspecified atom stereocenters. The number of aryl methyl sites for hydroxylation is 1. The fraction of sp³-hybridized carbons (Fsp3) is 0.0500. The standard InChI is InChI=1S/C20H18N7O2S/c1-16-12-14-19(15-13-16)30(28,29)24-23-21-20-22-27(18-10-6-3-7-11-18)25-26(20)17-8-4-2-5-9-17/h2-15H,1H3,(H,21,22,24,25)/q+1. The van der Waals surface area contributed by atoms with Crippen molar-refractivity contribution in [2.75, 3.05) is 5.43 Å². The predicted molar refractivity (Wildman–Crippen MR) is 110 cm³/mol. The molecule has 3 aromatic carbocycles. The van der Waals surface area contributed by atoms with E-state index in [1.807, 2.05) is 67.6 Å². The number of nitrogens with zero attached hydrogens (tertiary/aromatic N) is 6. The van der Waals surface area contributed by atoms with Crippen LogP contribution in [-0.4, -0.2) is 23.5 Å². The highest BCUT2D eigenvalue weighted by molar-refractivity contribution is 7.90. The first-order chi connectivity index (χ1) is 14.5. The lowest BCUT2D eigenvalue weighted by Crippen LogP contribution is -2.36. The molecule has 0 aliphatic rings. The average molecular weight is 420 g/mol. The van der Waals surface area contributed by atoms with Crippen LogP contribution in [0, 0.1) is 6.92 Å². The lowest BCUT2D eigenvalue weighted by atomic mass is 10.2. The molecule has 0 aliphatic heterocycles. The van der Waals surface area contributed by atoms with Gasteiger partial charge in [-0.05, 0) is 57.9 Å². The fourth-order valence-corrected chi connectivity index (χ4v) is 3.36. The highest BCUT2D eigenvalue weighted by Gasteiger charge is 2.21. The van der Waals surface area contributed by atoms with E-state index in [1.54, 1.807) is 12.1 Å². The second-order valence-corrected chi connectivity index (χ2v) is 7.95. The molecule has 0 bridgehead atoms. The van der Waals surface area contributed by atoms with Crippen molar-refractivity contribution in [2.45, 2.75) is 11.8 Å². The number of benzene rings is 3. The Morgan fingerprint density at radius 1 is 0.900 bits per heavy atom. The third-order valence-electron chi connectivity index (χ3n) is 4.17. The number of rotatable bonds is 6. The van der Waals surface area contributed by atoms with Crippen LogP contribution in [0.25, 0.3) is 11.4 Å². The molecule has 4 rings (SSSR count). The van der Waals surface area contributed by atoms with Gasteiger partial charge >= 0.3 is 16.0 Å². The summed E-state index contributed by atoms with van der Waals surface area (Å²) < 4.78 is 29.7. The van der Waals surface area contributed by atoms with Crippen molar-refractivity contribution >= 4 is 16.0 Å². The highest BCUT2D eigenvalue weighted by Crippen LogP contribution is 2.14. The Hall–Kier alpha value is -3.92. The van der Waals surface area contributed by atoms with Crippen molar-refractivity contribution in [2.24, 2.45) is 9.74 Å². The van der Waals surface area contributed by atoms with Crippen LogP contribution in [0.2, 0.25) is 0 Å². The van der Waals surface area contributed by atoms with E-state index in [0.717, 1.165) is 16.9 Å². The van der Waals surface area contributed by atoms with Gasteiger partial charge in [0.1, 0.15) is 11.4 Å². The van der Waals surface area contributed by atoms with E-state index in [0.29, 0.717) is 0 Å². The molecule has 9 nitrogen and oxygen atoms in total. The maximum atomic E-state index is 12.4. The first-order valence-electron chi connectivity index (χ1n) is 9.03. The third-order valence-corrected chi connectivity index (χ3v) is 5.33. The lowest BCUT2D eigenvalue weighted by Gasteiger charge is -1.98. The number of hydrogen-bond acceptors (Lipinski definition) is 5. The fourth-order valence-electron chi connectivity index (χ4n) is 2.64. The molecule has 0 saturated heterocycles. The van der Waals surface area contributed by atoms with Crippen LogP contribution in [0.15, 0.2) is 99.6 Å². The number of sulfonamides is 1. The van der Waals surface area contributed by atoms with Gasteiger partial charge in [-0.2, -0.15) is 13.8 Å². The van der Waals surface area contributed by atoms with Crippen molar-refractivity contribution < 1.29 is 13.1 Å². The molecule has 150 valence electrons. The normalized spacial score (nSPS) is 11.6. The summed E-state index contributed by atoms with van der Waals surface area (Å²) in [7, 11) is -3.94. The Kier molecular flexibility index (Phi) is 5.31. The number of anilines is 1. The van der Waals surface area contributed by atoms with Crippen LogP contribution in [-0.2, 0) is 10.0 Å². The second kappa shape index (κ2) is 8.21. The van der Waals surface area contributed by atoms with Gasteiger partial charge in [-0.25, -0.2) is 0 Å². The van der Waals surface area contributed by atoms with Gasteiger partial charge in [0.25, 0.3) is 0 Å². The van der Waals surface area contributed by atoms with Gasteiger partial charge in [-0.3, -0.25) is 0 Å². The Morgan fingerprint density at radius 3 is 2.20 bits per heavy atom. The Labute approximate surface area is 173 Å². The number of aromatic nitrogens is 4. The Balaban J connectivity index is 1.65. The average Bonchev–Trinajstić information content (AvgIpc) is 3.19. The second-order valence-electron chi connectivity index (χ2n) is 6.37. The molecule has 1 N–H and O–H groups in total. The van der Waals surface area contributed by atoms with E-state index < -0.39 is 10.0 Å². The summed E-state index contributed by atoms with van der Waals surface area (Å²) >= 11 is 0. The molecular weight excluding hydrogens is 402 g/mol. The number of hydrogen-bond donors (Lipinski definition) is 1. The molecule has 0 fully saturated rings. The summed E-state index contributed by atoms with van der Waals surface area (Å²) in [6.45, 7) is 1.87. The summed E-state index contributed by atoms with van der Waals surface area (Å²) in [4.78, 5) is 1.47. The topological polar surface area (TPSA) is 105 Å². The van der Waals surface area contributed by atoms with E-state index >= 15 is 0 Å². The molecule has 0 radical (unpaired) electrons. The Morgan fingerprint density at radius 2 is 1.53 bits per heavy atom. The number of nitrogens with one attached hydrogen (secondary N) is 1. The van der Waals surface area contributed by atoms with E-state index in [2.05, 4.69) is 25.5 Å². The first kappa shape index (κ1) is 19.4. The van der Waals surface area contributed by atoms with Crippen LogP contribution in [0.3, 0.4) is 0 Å². The van der Waals surface area contributed by atoms with Gasteiger partial charge in [0, 0.05) is 5.21 Å². The minimum atomic E-state index is -3.94. The molecule has 30 heavy (non-hydrogen) atoms. The minimum absolute atomic E-state index is 0.0579. The zero-order valence-corrected chi connectivity index (χ0v) is 16.8. The minimum Gasteiger partial charge on any atom is -0.198 e. The molecule has 1 aromatic heterocycles. The van der Waals surface area contributed by atoms with Crippen LogP contribution in [0.5, 0.6) is 0 Å². The third kappa shape index (κ3) is 4.23. The van der Waals surface area contributed by atoms with Crippen molar-refractivity contribution in [3.8, 4) is 11.4 Å². The zero-order valence-electron chi connectivity index (χ0n) is 16.0. The monoisotopic (exact) mass is 420 g/mol. The van der Waals surface area contributed by atoms with Crippen molar-refractivity contribution in [3.05, 3.63) is 90.5 Å². The van der Waals surface area contributed by atoms with Crippen LogP contribution in [0.1, 0.15) is 5.56 Å². The van der Waals surface area contributed by atoms with E-state index in [1.165, 1.54) is 21.6 Å².